The van der Waals surface area contributed by atoms with Gasteiger partial charge in [0.1, 0.15) is 17.4 Å². The number of ether oxygens (including phenoxy) is 1. The molecule has 4 heteroatoms. The van der Waals surface area contributed by atoms with Crippen molar-refractivity contribution in [2.75, 3.05) is 0 Å². The molecule has 0 saturated heterocycles. The number of benzene rings is 1. The third-order valence-electron chi connectivity index (χ3n) is 2.81. The maximum Gasteiger partial charge on any atom is 0.140 e. The number of hydrogen-bond acceptors (Lipinski definition) is 4. The summed E-state index contributed by atoms with van der Waals surface area (Å²) in [5, 5.41) is 10.2. The van der Waals surface area contributed by atoms with Crippen LogP contribution in [0.25, 0.3) is 0 Å². The molecule has 0 aliphatic carbocycles. The highest BCUT2D eigenvalue weighted by Gasteiger charge is 2.13. The van der Waals surface area contributed by atoms with E-state index in [-0.39, 0.29) is 6.61 Å². The van der Waals surface area contributed by atoms with Gasteiger partial charge >= 0.3 is 0 Å². The zero-order chi connectivity index (χ0) is 13.8. The van der Waals surface area contributed by atoms with Gasteiger partial charge in [0.25, 0.3) is 0 Å². The van der Waals surface area contributed by atoms with Crippen molar-refractivity contribution in [1.82, 2.24) is 4.98 Å². The number of nitrogens with zero attached hydrogens (tertiary/aromatic N) is 1. The minimum Gasteiger partial charge on any atom is -0.486 e. The molecule has 2 aromatic rings. The van der Waals surface area contributed by atoms with Crippen molar-refractivity contribution in [2.45, 2.75) is 39.9 Å². The van der Waals surface area contributed by atoms with Gasteiger partial charge in [0, 0.05) is 0 Å². The molecular formula is C15H19NO2S. The Balaban J connectivity index is 2.07. The zero-order valence-corrected chi connectivity index (χ0v) is 12.3. The molecule has 0 fully saturated rings. The van der Waals surface area contributed by atoms with Crippen molar-refractivity contribution in [2.24, 2.45) is 0 Å². The molecule has 1 heterocycles. The molecule has 19 heavy (non-hydrogen) atoms. The number of thiazole rings is 1. The summed E-state index contributed by atoms with van der Waals surface area (Å²) in [4.78, 5) is 5.49. The molecule has 0 saturated carbocycles. The zero-order valence-electron chi connectivity index (χ0n) is 11.5. The van der Waals surface area contributed by atoms with Crippen LogP contribution in [0.15, 0.2) is 24.3 Å². The van der Waals surface area contributed by atoms with E-state index in [1.807, 2.05) is 31.2 Å². The summed E-state index contributed by atoms with van der Waals surface area (Å²) in [6.07, 6.45) is 0. The maximum absolute atomic E-state index is 9.33. The SMILES string of the molecule is Cc1cccc(OCc2nc(C(C)C)c(CO)s2)c1. The van der Waals surface area contributed by atoms with Crippen LogP contribution in [0.1, 0.15) is 40.9 Å². The fourth-order valence-corrected chi connectivity index (χ4v) is 2.89. The minimum absolute atomic E-state index is 0.0512. The van der Waals surface area contributed by atoms with Crippen LogP contribution in [0, 0.1) is 6.92 Å². The highest BCUT2D eigenvalue weighted by molar-refractivity contribution is 7.11. The van der Waals surface area contributed by atoms with Crippen molar-refractivity contribution in [3.8, 4) is 5.75 Å². The smallest absolute Gasteiger partial charge is 0.140 e. The summed E-state index contributed by atoms with van der Waals surface area (Å²) in [5.41, 5.74) is 2.16. The van der Waals surface area contributed by atoms with Gasteiger partial charge in [0.15, 0.2) is 0 Å². The van der Waals surface area contributed by atoms with Crippen molar-refractivity contribution >= 4 is 11.3 Å². The second-order valence-electron chi connectivity index (χ2n) is 4.83. The molecule has 1 aromatic heterocycles. The van der Waals surface area contributed by atoms with E-state index < -0.39 is 0 Å². The maximum atomic E-state index is 9.33. The molecular weight excluding hydrogens is 258 g/mol. The Morgan fingerprint density at radius 1 is 1.37 bits per heavy atom. The van der Waals surface area contributed by atoms with E-state index in [1.165, 1.54) is 16.9 Å². The lowest BCUT2D eigenvalue weighted by Gasteiger charge is -2.04. The Labute approximate surface area is 117 Å². The van der Waals surface area contributed by atoms with Crippen molar-refractivity contribution in [3.05, 3.63) is 45.4 Å². The second-order valence-corrected chi connectivity index (χ2v) is 6.00. The number of aliphatic hydroxyl groups is 1. The van der Waals surface area contributed by atoms with Crippen LogP contribution in [0.3, 0.4) is 0 Å². The molecule has 1 N–H and O–H groups in total. The van der Waals surface area contributed by atoms with E-state index in [4.69, 9.17) is 4.74 Å². The van der Waals surface area contributed by atoms with E-state index >= 15 is 0 Å². The van der Waals surface area contributed by atoms with Gasteiger partial charge in [-0.05, 0) is 30.5 Å². The standard InChI is InChI=1S/C15H19NO2S/c1-10(2)15-13(8-17)19-14(16-15)9-18-12-6-4-5-11(3)7-12/h4-7,10,17H,8-9H2,1-3H3. The highest BCUT2D eigenvalue weighted by Crippen LogP contribution is 2.26. The third-order valence-corrected chi connectivity index (χ3v) is 3.84. The molecule has 3 nitrogen and oxygen atoms in total. The van der Waals surface area contributed by atoms with E-state index in [0.717, 1.165) is 21.3 Å². The lowest BCUT2D eigenvalue weighted by molar-refractivity contribution is 0.283. The van der Waals surface area contributed by atoms with Crippen LogP contribution >= 0.6 is 11.3 Å². The molecule has 0 spiro atoms. The Kier molecular flexibility index (Phi) is 4.56. The summed E-state index contributed by atoms with van der Waals surface area (Å²) in [6.45, 7) is 6.71. The van der Waals surface area contributed by atoms with Crippen molar-refractivity contribution in [3.63, 3.8) is 0 Å². The van der Waals surface area contributed by atoms with E-state index in [1.54, 1.807) is 0 Å². The molecule has 0 aliphatic heterocycles. The summed E-state index contributed by atoms with van der Waals surface area (Å²) in [5.74, 6) is 1.18. The lowest BCUT2D eigenvalue weighted by atomic mass is 10.1. The summed E-state index contributed by atoms with van der Waals surface area (Å²) in [7, 11) is 0. The van der Waals surface area contributed by atoms with Gasteiger partial charge in [-0.2, -0.15) is 0 Å². The first-order valence-corrected chi connectivity index (χ1v) is 7.20. The molecule has 102 valence electrons. The predicted octanol–water partition coefficient (Wildman–Crippen LogP) is 3.65. The quantitative estimate of drug-likeness (QED) is 0.907. The minimum atomic E-state index is 0.0512. The normalized spacial score (nSPS) is 11.0. The molecule has 2 rings (SSSR count). The molecule has 1 aromatic carbocycles. The fraction of sp³-hybridized carbons (Fsp3) is 0.400. The number of aryl methyl sites for hydroxylation is 1. The number of rotatable bonds is 5. The number of aromatic nitrogens is 1. The topological polar surface area (TPSA) is 42.4 Å². The second kappa shape index (κ2) is 6.17. The van der Waals surface area contributed by atoms with Crippen LogP contribution in [-0.4, -0.2) is 10.1 Å². The van der Waals surface area contributed by atoms with Crippen LogP contribution < -0.4 is 4.74 Å². The highest BCUT2D eigenvalue weighted by atomic mass is 32.1. The molecule has 0 aliphatic rings. The molecule has 0 radical (unpaired) electrons. The van der Waals surface area contributed by atoms with E-state index in [9.17, 15) is 5.11 Å². The molecule has 0 amide bonds. The predicted molar refractivity (Wildman–Crippen MR) is 77.6 cm³/mol. The summed E-state index contributed by atoms with van der Waals surface area (Å²) < 4.78 is 5.73. The van der Waals surface area contributed by atoms with Gasteiger partial charge in [0.2, 0.25) is 0 Å². The third kappa shape index (κ3) is 3.55. The largest absolute Gasteiger partial charge is 0.486 e. The Bertz CT molecular complexity index is 549. The van der Waals surface area contributed by atoms with E-state index in [0.29, 0.717) is 12.5 Å². The molecule has 0 unspecified atom stereocenters. The number of aliphatic hydroxyl groups excluding tert-OH is 1. The van der Waals surface area contributed by atoms with Crippen LogP contribution in [0.5, 0.6) is 5.75 Å². The lowest BCUT2D eigenvalue weighted by Crippen LogP contribution is -1.97. The van der Waals surface area contributed by atoms with Gasteiger partial charge in [-0.15, -0.1) is 11.3 Å². The van der Waals surface area contributed by atoms with Gasteiger partial charge in [0.05, 0.1) is 17.2 Å². The monoisotopic (exact) mass is 277 g/mol. The molecule has 0 atom stereocenters. The van der Waals surface area contributed by atoms with Gasteiger partial charge in [-0.3, -0.25) is 0 Å². The Hall–Kier alpha value is -1.39. The summed E-state index contributed by atoms with van der Waals surface area (Å²) >= 11 is 1.53. The fourth-order valence-electron chi connectivity index (χ4n) is 1.89. The Morgan fingerprint density at radius 3 is 2.74 bits per heavy atom. The van der Waals surface area contributed by atoms with Crippen LogP contribution in [-0.2, 0) is 13.2 Å². The average Bonchev–Trinajstić information content (AvgIpc) is 2.80. The number of hydrogen-bond donors (Lipinski definition) is 1. The average molecular weight is 277 g/mol. The van der Waals surface area contributed by atoms with Crippen LogP contribution in [0.2, 0.25) is 0 Å². The van der Waals surface area contributed by atoms with Crippen LogP contribution in [0.4, 0.5) is 0 Å². The Morgan fingerprint density at radius 2 is 2.16 bits per heavy atom. The first kappa shape index (κ1) is 14.0. The van der Waals surface area contributed by atoms with Gasteiger partial charge in [-0.25, -0.2) is 4.98 Å². The van der Waals surface area contributed by atoms with E-state index in [2.05, 4.69) is 18.8 Å². The molecule has 0 bridgehead atoms. The van der Waals surface area contributed by atoms with Crippen molar-refractivity contribution < 1.29 is 9.84 Å². The first-order valence-electron chi connectivity index (χ1n) is 6.39. The van der Waals surface area contributed by atoms with Gasteiger partial charge in [-0.1, -0.05) is 26.0 Å². The van der Waals surface area contributed by atoms with Crippen molar-refractivity contribution in [1.29, 1.82) is 0 Å². The van der Waals surface area contributed by atoms with Gasteiger partial charge < -0.3 is 9.84 Å². The summed E-state index contributed by atoms with van der Waals surface area (Å²) in [6, 6.07) is 7.96. The first-order chi connectivity index (χ1) is 9.10.